The molecular weight excluding hydrogens is 366 g/mol. The second kappa shape index (κ2) is 7.99. The highest BCUT2D eigenvalue weighted by molar-refractivity contribution is 5.98. The van der Waals surface area contributed by atoms with Gasteiger partial charge in [0.25, 0.3) is 0 Å². The Labute approximate surface area is 171 Å². The maximum Gasteiger partial charge on any atom is 0.319 e. The SMILES string of the molecule is C=C1NC(=O)N[C@H](c2ccc(C(C)(C)C)cc2)[C@H]1C(=O)Nc1ccccc1OC. The molecule has 0 radical (unpaired) electrons. The van der Waals surface area contributed by atoms with Crippen LogP contribution in [0.25, 0.3) is 0 Å². The number of urea groups is 1. The minimum atomic E-state index is -0.682. The number of hydrogen-bond acceptors (Lipinski definition) is 3. The second-order valence-corrected chi connectivity index (χ2v) is 8.14. The predicted molar refractivity (Wildman–Crippen MR) is 114 cm³/mol. The van der Waals surface area contributed by atoms with Crippen LogP contribution < -0.4 is 20.7 Å². The predicted octanol–water partition coefficient (Wildman–Crippen LogP) is 4.12. The monoisotopic (exact) mass is 393 g/mol. The van der Waals surface area contributed by atoms with Gasteiger partial charge in [0.1, 0.15) is 11.7 Å². The maximum atomic E-state index is 13.1. The Hall–Kier alpha value is -3.28. The highest BCUT2D eigenvalue weighted by atomic mass is 16.5. The number of carbonyl (C=O) groups excluding carboxylic acids is 2. The van der Waals surface area contributed by atoms with Crippen molar-refractivity contribution in [2.75, 3.05) is 12.4 Å². The molecule has 152 valence electrons. The van der Waals surface area contributed by atoms with Gasteiger partial charge >= 0.3 is 6.03 Å². The van der Waals surface area contributed by atoms with Crippen LogP contribution in [-0.2, 0) is 10.2 Å². The lowest BCUT2D eigenvalue weighted by atomic mass is 9.84. The van der Waals surface area contributed by atoms with E-state index in [-0.39, 0.29) is 17.4 Å². The van der Waals surface area contributed by atoms with Crippen LogP contribution in [-0.4, -0.2) is 19.0 Å². The largest absolute Gasteiger partial charge is 0.495 e. The van der Waals surface area contributed by atoms with Gasteiger partial charge in [-0.3, -0.25) is 4.79 Å². The van der Waals surface area contributed by atoms with Gasteiger partial charge in [0.2, 0.25) is 5.91 Å². The topological polar surface area (TPSA) is 79.5 Å². The number of hydrogen-bond donors (Lipinski definition) is 3. The van der Waals surface area contributed by atoms with Crippen molar-refractivity contribution in [1.82, 2.24) is 10.6 Å². The summed E-state index contributed by atoms with van der Waals surface area (Å²) < 4.78 is 5.31. The third kappa shape index (κ3) is 4.42. The van der Waals surface area contributed by atoms with E-state index < -0.39 is 12.0 Å². The smallest absolute Gasteiger partial charge is 0.319 e. The van der Waals surface area contributed by atoms with Gasteiger partial charge in [-0.1, -0.05) is 63.7 Å². The lowest BCUT2D eigenvalue weighted by Crippen LogP contribution is -2.51. The average molecular weight is 393 g/mol. The summed E-state index contributed by atoms with van der Waals surface area (Å²) in [5.41, 5.74) is 2.95. The molecule has 2 aromatic carbocycles. The first-order valence-corrected chi connectivity index (χ1v) is 9.51. The Bertz CT molecular complexity index is 929. The molecule has 1 fully saturated rings. The molecule has 3 N–H and O–H groups in total. The fourth-order valence-electron chi connectivity index (χ4n) is 3.42. The molecule has 0 spiro atoms. The molecule has 3 rings (SSSR count). The van der Waals surface area contributed by atoms with Gasteiger partial charge in [-0.2, -0.15) is 0 Å². The minimum Gasteiger partial charge on any atom is -0.495 e. The first kappa shape index (κ1) is 20.5. The molecule has 2 atom stereocenters. The molecule has 2 aromatic rings. The Morgan fingerprint density at radius 3 is 2.38 bits per heavy atom. The van der Waals surface area contributed by atoms with Crippen LogP contribution in [0.2, 0.25) is 0 Å². The van der Waals surface area contributed by atoms with Gasteiger partial charge in [0, 0.05) is 5.70 Å². The van der Waals surface area contributed by atoms with Crippen LogP contribution >= 0.6 is 0 Å². The van der Waals surface area contributed by atoms with E-state index in [0.29, 0.717) is 17.1 Å². The molecular formula is C23H27N3O3. The number of ether oxygens (including phenoxy) is 1. The summed E-state index contributed by atoms with van der Waals surface area (Å²) in [5, 5.41) is 8.38. The van der Waals surface area contributed by atoms with Crippen molar-refractivity contribution in [2.24, 2.45) is 5.92 Å². The zero-order valence-corrected chi connectivity index (χ0v) is 17.2. The van der Waals surface area contributed by atoms with Gasteiger partial charge in [0.15, 0.2) is 0 Å². The Balaban J connectivity index is 1.90. The van der Waals surface area contributed by atoms with Crippen molar-refractivity contribution in [1.29, 1.82) is 0 Å². The van der Waals surface area contributed by atoms with Gasteiger partial charge < -0.3 is 20.7 Å². The highest BCUT2D eigenvalue weighted by Gasteiger charge is 2.38. The van der Waals surface area contributed by atoms with Crippen molar-refractivity contribution >= 4 is 17.6 Å². The molecule has 0 saturated carbocycles. The number of carbonyl (C=O) groups is 2. The summed E-state index contributed by atoms with van der Waals surface area (Å²) in [6.45, 7) is 10.3. The zero-order chi connectivity index (χ0) is 21.2. The highest BCUT2D eigenvalue weighted by Crippen LogP contribution is 2.33. The van der Waals surface area contributed by atoms with Crippen LogP contribution in [0, 0.1) is 5.92 Å². The van der Waals surface area contributed by atoms with Crippen molar-refractivity contribution in [3.8, 4) is 5.75 Å². The number of rotatable bonds is 4. The van der Waals surface area contributed by atoms with Crippen LogP contribution in [0.5, 0.6) is 5.75 Å². The van der Waals surface area contributed by atoms with Crippen molar-refractivity contribution in [2.45, 2.75) is 32.2 Å². The third-order valence-corrected chi connectivity index (χ3v) is 5.05. The summed E-state index contributed by atoms with van der Waals surface area (Å²) in [5.74, 6) is -0.402. The van der Waals surface area contributed by atoms with Crippen LogP contribution in [0.1, 0.15) is 37.9 Å². The molecule has 1 aliphatic rings. The summed E-state index contributed by atoms with van der Waals surface area (Å²) in [6.07, 6.45) is 0. The van der Waals surface area contributed by atoms with E-state index in [0.717, 1.165) is 5.56 Å². The number of nitrogens with one attached hydrogen (secondary N) is 3. The molecule has 0 aromatic heterocycles. The Morgan fingerprint density at radius 2 is 1.76 bits per heavy atom. The number of methoxy groups -OCH3 is 1. The van der Waals surface area contributed by atoms with E-state index in [1.165, 1.54) is 5.56 Å². The lowest BCUT2D eigenvalue weighted by molar-refractivity contribution is -0.119. The fraction of sp³-hybridized carbons (Fsp3) is 0.304. The first-order valence-electron chi connectivity index (χ1n) is 9.51. The molecule has 3 amide bonds. The average Bonchev–Trinajstić information content (AvgIpc) is 2.67. The van der Waals surface area contributed by atoms with E-state index in [4.69, 9.17) is 4.74 Å². The lowest BCUT2D eigenvalue weighted by Gasteiger charge is -2.34. The molecule has 1 saturated heterocycles. The second-order valence-electron chi connectivity index (χ2n) is 8.14. The molecule has 0 bridgehead atoms. The van der Waals surface area contributed by atoms with Crippen molar-refractivity contribution in [3.63, 3.8) is 0 Å². The van der Waals surface area contributed by atoms with Crippen LogP contribution in [0.4, 0.5) is 10.5 Å². The van der Waals surface area contributed by atoms with Crippen molar-refractivity contribution < 1.29 is 14.3 Å². The molecule has 29 heavy (non-hydrogen) atoms. The minimum absolute atomic E-state index is 0.0140. The molecule has 6 heteroatoms. The maximum absolute atomic E-state index is 13.1. The normalized spacial score (nSPS) is 19.2. The molecule has 6 nitrogen and oxygen atoms in total. The number of para-hydroxylation sites is 2. The van der Waals surface area contributed by atoms with Gasteiger partial charge in [-0.15, -0.1) is 0 Å². The summed E-state index contributed by atoms with van der Waals surface area (Å²) in [4.78, 5) is 25.2. The van der Waals surface area contributed by atoms with Gasteiger partial charge in [-0.25, -0.2) is 4.79 Å². The van der Waals surface area contributed by atoms with E-state index in [2.05, 4.69) is 43.3 Å². The summed E-state index contributed by atoms with van der Waals surface area (Å²) >= 11 is 0. The number of anilines is 1. The molecule has 1 heterocycles. The molecule has 0 aliphatic carbocycles. The van der Waals surface area contributed by atoms with E-state index in [1.807, 2.05) is 36.4 Å². The molecule has 1 aliphatic heterocycles. The zero-order valence-electron chi connectivity index (χ0n) is 17.2. The fourth-order valence-corrected chi connectivity index (χ4v) is 3.42. The van der Waals surface area contributed by atoms with Crippen molar-refractivity contribution in [3.05, 3.63) is 71.9 Å². The summed E-state index contributed by atoms with van der Waals surface area (Å²) in [7, 11) is 1.55. The molecule has 0 unspecified atom stereocenters. The van der Waals surface area contributed by atoms with E-state index >= 15 is 0 Å². The van der Waals surface area contributed by atoms with E-state index in [9.17, 15) is 9.59 Å². The van der Waals surface area contributed by atoms with Crippen LogP contribution in [0.15, 0.2) is 60.8 Å². The Morgan fingerprint density at radius 1 is 1.10 bits per heavy atom. The standard InChI is InChI=1S/C23H27N3O3/c1-14-19(21(27)25-17-8-6-7-9-18(17)29-5)20(26-22(28)24-14)15-10-12-16(13-11-15)23(2,3)4/h6-13,19-20H,1H2,2-5H3,(H,25,27)(H2,24,26,28)/t19-,20+/m0/s1. The number of benzene rings is 2. The van der Waals surface area contributed by atoms with Gasteiger partial charge in [0.05, 0.1) is 18.8 Å². The first-order chi connectivity index (χ1) is 13.7. The number of amides is 3. The summed E-state index contributed by atoms with van der Waals surface area (Å²) in [6, 6.07) is 14.2. The Kier molecular flexibility index (Phi) is 5.64. The van der Waals surface area contributed by atoms with Gasteiger partial charge in [-0.05, 0) is 28.7 Å². The third-order valence-electron chi connectivity index (χ3n) is 5.05. The van der Waals surface area contributed by atoms with Crippen LogP contribution in [0.3, 0.4) is 0 Å². The van der Waals surface area contributed by atoms with E-state index in [1.54, 1.807) is 19.2 Å². The quantitative estimate of drug-likeness (QED) is 0.731.